The maximum atomic E-state index is 10.4. The first kappa shape index (κ1) is 7.48. The van der Waals surface area contributed by atoms with Crippen LogP contribution in [0.3, 0.4) is 0 Å². The molecule has 1 heterocycles. The second kappa shape index (κ2) is 2.97. The van der Waals surface area contributed by atoms with Gasteiger partial charge in [-0.1, -0.05) is 18.7 Å². The van der Waals surface area contributed by atoms with Crippen molar-refractivity contribution in [1.82, 2.24) is 0 Å². The SMILES string of the molecule is CC(=O)SCC1SC1C. The predicted molar refractivity (Wildman–Crippen MR) is 44.0 cm³/mol. The van der Waals surface area contributed by atoms with Crippen molar-refractivity contribution in [2.45, 2.75) is 24.3 Å². The van der Waals surface area contributed by atoms with Gasteiger partial charge in [-0.15, -0.1) is 0 Å². The first-order valence-corrected chi connectivity index (χ1v) is 4.92. The standard InChI is InChI=1S/C6H10OS2/c1-4-6(9-4)3-8-5(2)7/h4,6H,3H2,1-2H3. The summed E-state index contributed by atoms with van der Waals surface area (Å²) < 4.78 is 0. The summed E-state index contributed by atoms with van der Waals surface area (Å²) >= 11 is 3.41. The van der Waals surface area contributed by atoms with Gasteiger partial charge in [0.05, 0.1) is 0 Å². The second-order valence-electron chi connectivity index (χ2n) is 2.18. The van der Waals surface area contributed by atoms with Gasteiger partial charge in [0.15, 0.2) is 5.12 Å². The zero-order valence-electron chi connectivity index (χ0n) is 5.59. The lowest BCUT2D eigenvalue weighted by atomic mass is 10.4. The molecule has 2 atom stereocenters. The highest BCUT2D eigenvalue weighted by atomic mass is 32.2. The molecule has 0 saturated carbocycles. The van der Waals surface area contributed by atoms with Gasteiger partial charge < -0.3 is 0 Å². The number of rotatable bonds is 2. The first-order chi connectivity index (χ1) is 4.20. The van der Waals surface area contributed by atoms with Crippen LogP contribution in [0.2, 0.25) is 0 Å². The van der Waals surface area contributed by atoms with Crippen molar-refractivity contribution in [3.05, 3.63) is 0 Å². The van der Waals surface area contributed by atoms with Crippen LogP contribution >= 0.6 is 23.5 Å². The summed E-state index contributed by atoms with van der Waals surface area (Å²) in [5.74, 6) is 1.02. The molecule has 52 valence electrons. The highest BCUT2D eigenvalue weighted by Crippen LogP contribution is 2.42. The van der Waals surface area contributed by atoms with Crippen LogP contribution in [0.5, 0.6) is 0 Å². The summed E-state index contributed by atoms with van der Waals surface area (Å²) in [5, 5.41) is 1.81. The van der Waals surface area contributed by atoms with E-state index in [9.17, 15) is 4.79 Å². The van der Waals surface area contributed by atoms with Crippen LogP contribution in [0.15, 0.2) is 0 Å². The van der Waals surface area contributed by atoms with Crippen molar-refractivity contribution < 1.29 is 4.79 Å². The lowest BCUT2D eigenvalue weighted by Crippen LogP contribution is -1.95. The fraction of sp³-hybridized carbons (Fsp3) is 0.833. The molecule has 1 aliphatic rings. The number of thioether (sulfide) groups is 2. The minimum atomic E-state index is 0.245. The minimum absolute atomic E-state index is 0.245. The van der Waals surface area contributed by atoms with E-state index in [-0.39, 0.29) is 5.12 Å². The predicted octanol–water partition coefficient (Wildman–Crippen LogP) is 1.77. The Kier molecular flexibility index (Phi) is 2.47. The van der Waals surface area contributed by atoms with Crippen molar-refractivity contribution >= 4 is 28.6 Å². The summed E-state index contributed by atoms with van der Waals surface area (Å²) in [6.07, 6.45) is 0. The Hall–Kier alpha value is 0.370. The van der Waals surface area contributed by atoms with E-state index < -0.39 is 0 Å². The Balaban J connectivity index is 2.00. The van der Waals surface area contributed by atoms with Crippen molar-refractivity contribution in [1.29, 1.82) is 0 Å². The molecule has 1 aliphatic heterocycles. The highest BCUT2D eigenvalue weighted by Gasteiger charge is 2.33. The van der Waals surface area contributed by atoms with E-state index >= 15 is 0 Å². The summed E-state index contributed by atoms with van der Waals surface area (Å²) in [6, 6.07) is 0. The van der Waals surface area contributed by atoms with E-state index in [1.807, 2.05) is 11.8 Å². The molecule has 0 aliphatic carbocycles. The molecular formula is C6H10OS2. The highest BCUT2D eigenvalue weighted by molar-refractivity contribution is 8.15. The van der Waals surface area contributed by atoms with E-state index in [0.717, 1.165) is 16.3 Å². The average molecular weight is 162 g/mol. The molecule has 0 amide bonds. The van der Waals surface area contributed by atoms with E-state index in [1.54, 1.807) is 6.92 Å². The van der Waals surface area contributed by atoms with Gasteiger partial charge in [-0.05, 0) is 0 Å². The van der Waals surface area contributed by atoms with Gasteiger partial charge in [0.2, 0.25) is 0 Å². The van der Waals surface area contributed by atoms with Crippen LogP contribution in [0.4, 0.5) is 0 Å². The molecule has 0 aromatic rings. The Labute approximate surface area is 64.0 Å². The van der Waals surface area contributed by atoms with Crippen molar-refractivity contribution in [3.8, 4) is 0 Å². The van der Waals surface area contributed by atoms with Crippen LogP contribution in [0.1, 0.15) is 13.8 Å². The number of hydrogen-bond acceptors (Lipinski definition) is 3. The fourth-order valence-electron chi connectivity index (χ4n) is 0.605. The smallest absolute Gasteiger partial charge is 0.185 e. The third kappa shape index (κ3) is 2.63. The molecule has 1 nitrogen and oxygen atoms in total. The largest absolute Gasteiger partial charge is 0.288 e. The average Bonchev–Trinajstić information content (AvgIpc) is 2.42. The minimum Gasteiger partial charge on any atom is -0.288 e. The van der Waals surface area contributed by atoms with Crippen LogP contribution < -0.4 is 0 Å². The molecular weight excluding hydrogens is 152 g/mol. The second-order valence-corrected chi connectivity index (χ2v) is 5.00. The van der Waals surface area contributed by atoms with Gasteiger partial charge in [0, 0.05) is 23.2 Å². The maximum absolute atomic E-state index is 10.4. The van der Waals surface area contributed by atoms with E-state index in [2.05, 4.69) is 6.92 Å². The van der Waals surface area contributed by atoms with Crippen LogP contribution in [0.25, 0.3) is 0 Å². The summed E-state index contributed by atoms with van der Waals surface area (Å²) in [7, 11) is 0. The monoisotopic (exact) mass is 162 g/mol. The zero-order chi connectivity index (χ0) is 6.85. The third-order valence-electron chi connectivity index (χ3n) is 1.29. The van der Waals surface area contributed by atoms with E-state index in [1.165, 1.54) is 11.8 Å². The van der Waals surface area contributed by atoms with Crippen LogP contribution in [-0.4, -0.2) is 21.4 Å². The Morgan fingerprint density at radius 1 is 1.78 bits per heavy atom. The van der Waals surface area contributed by atoms with E-state index in [4.69, 9.17) is 0 Å². The van der Waals surface area contributed by atoms with Gasteiger partial charge >= 0.3 is 0 Å². The van der Waals surface area contributed by atoms with Gasteiger partial charge in [0.25, 0.3) is 0 Å². The van der Waals surface area contributed by atoms with Crippen LogP contribution in [0, 0.1) is 0 Å². The van der Waals surface area contributed by atoms with Crippen LogP contribution in [-0.2, 0) is 4.79 Å². The fourth-order valence-corrected chi connectivity index (χ4v) is 2.49. The van der Waals surface area contributed by atoms with Crippen molar-refractivity contribution in [2.75, 3.05) is 5.75 Å². The third-order valence-corrected chi connectivity index (χ3v) is 3.80. The Bertz CT molecular complexity index is 124. The molecule has 0 aromatic carbocycles. The summed E-state index contributed by atoms with van der Waals surface area (Å²) in [4.78, 5) is 10.4. The number of carbonyl (C=O) groups is 1. The Morgan fingerprint density at radius 2 is 2.33 bits per heavy atom. The molecule has 3 heteroatoms. The van der Waals surface area contributed by atoms with Gasteiger partial charge in [-0.2, -0.15) is 11.8 Å². The zero-order valence-corrected chi connectivity index (χ0v) is 7.22. The first-order valence-electron chi connectivity index (χ1n) is 2.99. The quantitative estimate of drug-likeness (QED) is 0.576. The van der Waals surface area contributed by atoms with Crippen molar-refractivity contribution in [2.24, 2.45) is 0 Å². The molecule has 1 saturated heterocycles. The molecule has 0 radical (unpaired) electrons. The molecule has 0 spiro atoms. The topological polar surface area (TPSA) is 17.1 Å². The summed E-state index contributed by atoms with van der Waals surface area (Å²) in [6.45, 7) is 3.83. The summed E-state index contributed by atoms with van der Waals surface area (Å²) in [5.41, 5.74) is 0. The van der Waals surface area contributed by atoms with Crippen molar-refractivity contribution in [3.63, 3.8) is 0 Å². The van der Waals surface area contributed by atoms with Gasteiger partial charge in [0.1, 0.15) is 0 Å². The lowest BCUT2D eigenvalue weighted by molar-refractivity contribution is -0.109. The lowest BCUT2D eigenvalue weighted by Gasteiger charge is -1.89. The van der Waals surface area contributed by atoms with Gasteiger partial charge in [-0.3, -0.25) is 4.79 Å². The molecule has 2 unspecified atom stereocenters. The number of carbonyl (C=O) groups excluding carboxylic acids is 1. The van der Waals surface area contributed by atoms with Gasteiger partial charge in [-0.25, -0.2) is 0 Å². The molecule has 1 rings (SSSR count). The maximum Gasteiger partial charge on any atom is 0.185 e. The molecule has 0 bridgehead atoms. The molecule has 0 N–H and O–H groups in total. The molecule has 0 aromatic heterocycles. The normalized spacial score (nSPS) is 32.2. The number of hydrogen-bond donors (Lipinski definition) is 0. The van der Waals surface area contributed by atoms with E-state index in [0.29, 0.717) is 0 Å². The molecule has 1 fully saturated rings. The Morgan fingerprint density at radius 3 is 2.67 bits per heavy atom. The molecule has 9 heavy (non-hydrogen) atoms.